The number of hydrogen-bond donors (Lipinski definition) is 1. The van der Waals surface area contributed by atoms with Gasteiger partial charge in [0.15, 0.2) is 0 Å². The van der Waals surface area contributed by atoms with E-state index in [9.17, 15) is 0 Å². The molecule has 0 unspecified atom stereocenters. The van der Waals surface area contributed by atoms with Gasteiger partial charge in [-0.05, 0) is 29.3 Å². The minimum Gasteiger partial charge on any atom is -0.497 e. The number of aromatic nitrogens is 2. The van der Waals surface area contributed by atoms with Crippen molar-refractivity contribution in [3.63, 3.8) is 0 Å². The summed E-state index contributed by atoms with van der Waals surface area (Å²) in [5.41, 5.74) is 9.12. The van der Waals surface area contributed by atoms with E-state index in [-0.39, 0.29) is 0 Å². The summed E-state index contributed by atoms with van der Waals surface area (Å²) in [6, 6.07) is 12.1. The monoisotopic (exact) mass is 267 g/mol. The molecule has 2 heterocycles. The molecule has 0 amide bonds. The largest absolute Gasteiger partial charge is 0.497 e. The van der Waals surface area contributed by atoms with Crippen molar-refractivity contribution in [3.05, 3.63) is 65.7 Å². The fraction of sp³-hybridized carbons (Fsp3) is 0.188. The van der Waals surface area contributed by atoms with Gasteiger partial charge >= 0.3 is 0 Å². The summed E-state index contributed by atoms with van der Waals surface area (Å²) in [5.74, 6) is 1.87. The fourth-order valence-corrected chi connectivity index (χ4v) is 2.40. The van der Waals surface area contributed by atoms with E-state index in [1.54, 1.807) is 7.11 Å². The lowest BCUT2D eigenvalue weighted by Gasteiger charge is -2.06. The average Bonchev–Trinajstić information content (AvgIpc) is 2.90. The number of pyridine rings is 1. The van der Waals surface area contributed by atoms with Crippen molar-refractivity contribution in [1.82, 2.24) is 9.38 Å². The Labute approximate surface area is 117 Å². The van der Waals surface area contributed by atoms with E-state index in [0.29, 0.717) is 6.54 Å². The molecule has 1 aromatic carbocycles. The number of methoxy groups -OCH3 is 1. The Morgan fingerprint density at radius 3 is 2.95 bits per heavy atom. The average molecular weight is 267 g/mol. The van der Waals surface area contributed by atoms with Gasteiger partial charge in [0.1, 0.15) is 11.6 Å². The first kappa shape index (κ1) is 12.7. The number of benzene rings is 1. The second-order valence-electron chi connectivity index (χ2n) is 4.70. The molecule has 0 aliphatic heterocycles. The van der Waals surface area contributed by atoms with E-state index < -0.39 is 0 Å². The van der Waals surface area contributed by atoms with Gasteiger partial charge in [0.2, 0.25) is 0 Å². The zero-order valence-corrected chi connectivity index (χ0v) is 11.4. The molecule has 0 aliphatic carbocycles. The van der Waals surface area contributed by atoms with E-state index in [2.05, 4.69) is 15.5 Å². The molecule has 2 N–H and O–H groups in total. The van der Waals surface area contributed by atoms with Crippen LogP contribution in [0.5, 0.6) is 5.75 Å². The second kappa shape index (κ2) is 5.35. The smallest absolute Gasteiger partial charge is 0.119 e. The number of hydrogen-bond acceptors (Lipinski definition) is 3. The van der Waals surface area contributed by atoms with Crippen LogP contribution >= 0.6 is 0 Å². The lowest BCUT2D eigenvalue weighted by molar-refractivity contribution is 0.414. The molecule has 0 atom stereocenters. The third-order valence-corrected chi connectivity index (χ3v) is 3.45. The predicted octanol–water partition coefficient (Wildman–Crippen LogP) is 2.39. The zero-order valence-electron chi connectivity index (χ0n) is 11.4. The van der Waals surface area contributed by atoms with Crippen LogP contribution in [-0.4, -0.2) is 16.5 Å². The SMILES string of the molecule is COc1cccc(Cc2ncc3c(CN)cccn23)c1. The minimum atomic E-state index is 0.522. The molecule has 0 saturated heterocycles. The highest BCUT2D eigenvalue weighted by molar-refractivity contribution is 5.54. The summed E-state index contributed by atoms with van der Waals surface area (Å²) in [5, 5.41) is 0. The zero-order chi connectivity index (χ0) is 13.9. The van der Waals surface area contributed by atoms with E-state index >= 15 is 0 Å². The molecule has 2 aromatic heterocycles. The Morgan fingerprint density at radius 1 is 1.25 bits per heavy atom. The third kappa shape index (κ3) is 2.26. The summed E-state index contributed by atoms with van der Waals surface area (Å²) in [6.07, 6.45) is 4.67. The molecular weight excluding hydrogens is 250 g/mol. The maximum absolute atomic E-state index is 5.76. The van der Waals surface area contributed by atoms with Gasteiger partial charge in [-0.1, -0.05) is 18.2 Å². The van der Waals surface area contributed by atoms with Crippen molar-refractivity contribution in [2.75, 3.05) is 7.11 Å². The highest BCUT2D eigenvalue weighted by atomic mass is 16.5. The highest BCUT2D eigenvalue weighted by Crippen LogP contribution is 2.18. The summed E-state index contributed by atoms with van der Waals surface area (Å²) in [7, 11) is 1.68. The molecule has 3 aromatic rings. The molecule has 4 heteroatoms. The minimum absolute atomic E-state index is 0.522. The molecular formula is C16H17N3O. The van der Waals surface area contributed by atoms with Crippen molar-refractivity contribution in [1.29, 1.82) is 0 Å². The number of fused-ring (bicyclic) bond motifs is 1. The van der Waals surface area contributed by atoms with Crippen LogP contribution in [0.2, 0.25) is 0 Å². The van der Waals surface area contributed by atoms with Crippen LogP contribution in [0.25, 0.3) is 5.52 Å². The Bertz CT molecular complexity index is 733. The van der Waals surface area contributed by atoms with Gasteiger partial charge in [0.05, 0.1) is 18.8 Å². The van der Waals surface area contributed by atoms with Gasteiger partial charge in [-0.25, -0.2) is 4.98 Å². The van der Waals surface area contributed by atoms with Crippen molar-refractivity contribution >= 4 is 5.52 Å². The topological polar surface area (TPSA) is 52.5 Å². The first-order chi connectivity index (χ1) is 9.81. The van der Waals surface area contributed by atoms with Crippen LogP contribution in [0, 0.1) is 0 Å². The lowest BCUT2D eigenvalue weighted by atomic mass is 10.1. The van der Waals surface area contributed by atoms with Gasteiger partial charge in [-0.3, -0.25) is 0 Å². The molecule has 0 spiro atoms. The van der Waals surface area contributed by atoms with E-state index in [1.165, 1.54) is 5.56 Å². The first-order valence-electron chi connectivity index (χ1n) is 6.58. The second-order valence-corrected chi connectivity index (χ2v) is 4.70. The van der Waals surface area contributed by atoms with Crippen LogP contribution in [0.4, 0.5) is 0 Å². The molecule has 20 heavy (non-hydrogen) atoms. The van der Waals surface area contributed by atoms with Gasteiger partial charge in [-0.2, -0.15) is 0 Å². The number of nitrogens with zero attached hydrogens (tertiary/aromatic N) is 2. The van der Waals surface area contributed by atoms with Gasteiger partial charge in [0, 0.05) is 19.2 Å². The van der Waals surface area contributed by atoms with Crippen molar-refractivity contribution in [2.45, 2.75) is 13.0 Å². The molecule has 0 aliphatic rings. The van der Waals surface area contributed by atoms with E-state index in [1.807, 2.05) is 42.7 Å². The molecule has 3 rings (SSSR count). The Hall–Kier alpha value is -2.33. The predicted molar refractivity (Wildman–Crippen MR) is 78.9 cm³/mol. The lowest BCUT2D eigenvalue weighted by Crippen LogP contribution is -2.01. The summed E-state index contributed by atoms with van der Waals surface area (Å²) in [6.45, 7) is 0.522. The molecule has 4 nitrogen and oxygen atoms in total. The van der Waals surface area contributed by atoms with E-state index in [4.69, 9.17) is 10.5 Å². The van der Waals surface area contributed by atoms with Crippen LogP contribution in [0.3, 0.4) is 0 Å². The quantitative estimate of drug-likeness (QED) is 0.789. The van der Waals surface area contributed by atoms with Crippen molar-refractivity contribution in [3.8, 4) is 5.75 Å². The summed E-state index contributed by atoms with van der Waals surface area (Å²) in [4.78, 5) is 4.52. The first-order valence-corrected chi connectivity index (χ1v) is 6.58. The number of ether oxygens (including phenoxy) is 1. The maximum atomic E-state index is 5.76. The molecule has 102 valence electrons. The van der Waals surface area contributed by atoms with Crippen molar-refractivity contribution in [2.24, 2.45) is 5.73 Å². The fourth-order valence-electron chi connectivity index (χ4n) is 2.40. The van der Waals surface area contributed by atoms with Crippen LogP contribution in [0.15, 0.2) is 48.8 Å². The third-order valence-electron chi connectivity index (χ3n) is 3.45. The molecule has 0 radical (unpaired) electrons. The van der Waals surface area contributed by atoms with Crippen LogP contribution in [-0.2, 0) is 13.0 Å². The number of rotatable bonds is 4. The highest BCUT2D eigenvalue weighted by Gasteiger charge is 2.07. The van der Waals surface area contributed by atoms with Crippen LogP contribution < -0.4 is 10.5 Å². The Morgan fingerprint density at radius 2 is 2.15 bits per heavy atom. The Balaban J connectivity index is 1.98. The number of imidazole rings is 1. The van der Waals surface area contributed by atoms with E-state index in [0.717, 1.165) is 29.1 Å². The van der Waals surface area contributed by atoms with Gasteiger partial charge < -0.3 is 14.9 Å². The normalized spacial score (nSPS) is 10.9. The number of nitrogens with two attached hydrogens (primary N) is 1. The molecule has 0 fully saturated rings. The summed E-state index contributed by atoms with van der Waals surface area (Å²) < 4.78 is 7.35. The van der Waals surface area contributed by atoms with Crippen molar-refractivity contribution < 1.29 is 4.74 Å². The Kier molecular flexibility index (Phi) is 3.39. The van der Waals surface area contributed by atoms with Gasteiger partial charge in [-0.15, -0.1) is 0 Å². The maximum Gasteiger partial charge on any atom is 0.119 e. The molecule has 0 bridgehead atoms. The van der Waals surface area contributed by atoms with Gasteiger partial charge in [0.25, 0.3) is 0 Å². The summed E-state index contributed by atoms with van der Waals surface area (Å²) >= 11 is 0. The van der Waals surface area contributed by atoms with Crippen LogP contribution in [0.1, 0.15) is 17.0 Å². The molecule has 0 saturated carbocycles. The standard InChI is InChI=1S/C16H17N3O/c1-20-14-6-2-4-12(8-14)9-16-18-11-15-13(10-17)5-3-7-19(15)16/h2-8,11H,9-10,17H2,1H3.